The smallest absolute Gasteiger partial charge is 0.222 e. The highest BCUT2D eigenvalue weighted by molar-refractivity contribution is 5.76. The monoisotopic (exact) mass is 260 g/mol. The van der Waals surface area contributed by atoms with Gasteiger partial charge in [0.2, 0.25) is 5.91 Å². The molecule has 0 bridgehead atoms. The maximum atomic E-state index is 12.1. The van der Waals surface area contributed by atoms with Gasteiger partial charge >= 0.3 is 0 Å². The van der Waals surface area contributed by atoms with Crippen molar-refractivity contribution in [1.82, 2.24) is 10.2 Å². The van der Waals surface area contributed by atoms with E-state index in [2.05, 4.69) is 36.5 Å². The molecule has 1 aliphatic heterocycles. The lowest BCUT2D eigenvalue weighted by atomic mass is 10.0. The molecule has 0 spiro atoms. The number of carbonyl (C=O) groups is 1. The molecular weight excluding hydrogens is 236 g/mol. The van der Waals surface area contributed by atoms with Gasteiger partial charge in [0.05, 0.1) is 0 Å². The Hall–Kier alpha value is -1.35. The molecule has 3 nitrogen and oxygen atoms in total. The molecule has 1 saturated heterocycles. The fraction of sp³-hybridized carbons (Fsp3) is 0.562. The summed E-state index contributed by atoms with van der Waals surface area (Å²) in [7, 11) is 1.92. The average Bonchev–Trinajstić information content (AvgIpc) is 2.90. The molecule has 0 radical (unpaired) electrons. The lowest BCUT2D eigenvalue weighted by Gasteiger charge is -2.19. The Morgan fingerprint density at radius 2 is 2.11 bits per heavy atom. The molecule has 1 aromatic carbocycles. The van der Waals surface area contributed by atoms with Crippen molar-refractivity contribution in [3.05, 3.63) is 35.4 Å². The van der Waals surface area contributed by atoms with Gasteiger partial charge in [-0.1, -0.05) is 29.8 Å². The number of amides is 1. The van der Waals surface area contributed by atoms with Gasteiger partial charge in [-0.2, -0.15) is 0 Å². The van der Waals surface area contributed by atoms with Gasteiger partial charge in [0.15, 0.2) is 0 Å². The summed E-state index contributed by atoms with van der Waals surface area (Å²) in [4.78, 5) is 13.9. The van der Waals surface area contributed by atoms with Crippen molar-refractivity contribution in [1.29, 1.82) is 0 Å². The quantitative estimate of drug-likeness (QED) is 0.878. The van der Waals surface area contributed by atoms with Crippen LogP contribution in [0.2, 0.25) is 0 Å². The largest absolute Gasteiger partial charge is 0.345 e. The van der Waals surface area contributed by atoms with E-state index in [9.17, 15) is 4.79 Å². The van der Waals surface area contributed by atoms with Gasteiger partial charge in [-0.15, -0.1) is 0 Å². The van der Waals surface area contributed by atoms with Crippen LogP contribution in [0.25, 0.3) is 0 Å². The summed E-state index contributed by atoms with van der Waals surface area (Å²) in [5, 5.41) is 3.31. The summed E-state index contributed by atoms with van der Waals surface area (Å²) in [6.45, 7) is 4.96. The van der Waals surface area contributed by atoms with Gasteiger partial charge < -0.3 is 10.2 Å². The minimum absolute atomic E-state index is 0.279. The maximum Gasteiger partial charge on any atom is 0.222 e. The number of likely N-dealkylation sites (N-methyl/N-ethyl adjacent to an activating group) is 1. The van der Waals surface area contributed by atoms with Crippen LogP contribution in [0.15, 0.2) is 24.3 Å². The zero-order chi connectivity index (χ0) is 13.7. The molecule has 104 valence electrons. The topological polar surface area (TPSA) is 32.3 Å². The molecule has 1 heterocycles. The van der Waals surface area contributed by atoms with Gasteiger partial charge in [0, 0.05) is 20.0 Å². The Morgan fingerprint density at radius 3 is 2.74 bits per heavy atom. The minimum Gasteiger partial charge on any atom is -0.345 e. The second kappa shape index (κ2) is 6.71. The van der Waals surface area contributed by atoms with Gasteiger partial charge in [0.1, 0.15) is 0 Å². The molecule has 1 amide bonds. The molecule has 1 aromatic rings. The Kier molecular flexibility index (Phi) is 4.97. The number of benzene rings is 1. The predicted molar refractivity (Wildman–Crippen MR) is 78.1 cm³/mol. The lowest BCUT2D eigenvalue weighted by molar-refractivity contribution is -0.130. The van der Waals surface area contributed by atoms with Crippen molar-refractivity contribution < 1.29 is 4.79 Å². The summed E-state index contributed by atoms with van der Waals surface area (Å²) in [5.74, 6) is 0.815. The highest BCUT2D eigenvalue weighted by Gasteiger charge is 2.19. The summed E-state index contributed by atoms with van der Waals surface area (Å²) < 4.78 is 0. The molecule has 1 fully saturated rings. The van der Waals surface area contributed by atoms with Crippen LogP contribution < -0.4 is 5.32 Å². The molecule has 1 N–H and O–H groups in total. The third kappa shape index (κ3) is 4.35. The number of aryl methyl sites for hydroxylation is 1. The van der Waals surface area contributed by atoms with Crippen molar-refractivity contribution in [3.63, 3.8) is 0 Å². The molecule has 1 unspecified atom stereocenters. The fourth-order valence-electron chi connectivity index (χ4n) is 2.47. The molecule has 2 rings (SSSR count). The van der Waals surface area contributed by atoms with Gasteiger partial charge in [-0.3, -0.25) is 4.79 Å². The second-order valence-corrected chi connectivity index (χ2v) is 5.61. The van der Waals surface area contributed by atoms with E-state index < -0.39 is 0 Å². The van der Waals surface area contributed by atoms with Crippen molar-refractivity contribution >= 4 is 5.91 Å². The van der Waals surface area contributed by atoms with Gasteiger partial charge in [-0.05, 0) is 44.3 Å². The van der Waals surface area contributed by atoms with E-state index in [4.69, 9.17) is 0 Å². The highest BCUT2D eigenvalue weighted by atomic mass is 16.2. The molecule has 1 atom stereocenters. The fourth-order valence-corrected chi connectivity index (χ4v) is 2.47. The van der Waals surface area contributed by atoms with Crippen LogP contribution in [0.4, 0.5) is 0 Å². The highest BCUT2D eigenvalue weighted by Crippen LogP contribution is 2.13. The molecule has 1 aliphatic rings. The summed E-state index contributed by atoms with van der Waals surface area (Å²) >= 11 is 0. The first kappa shape index (κ1) is 14.1. The molecule has 0 aliphatic carbocycles. The first-order valence-corrected chi connectivity index (χ1v) is 7.15. The zero-order valence-electron chi connectivity index (χ0n) is 12.0. The van der Waals surface area contributed by atoms with Crippen molar-refractivity contribution in [3.8, 4) is 0 Å². The standard InChI is InChI=1S/C16H24N2O/c1-13-3-5-14(6-4-13)8-10-18(2)16(19)11-15-7-9-17-12-15/h3-6,15,17H,7-12H2,1-2H3. The minimum atomic E-state index is 0.279. The second-order valence-electron chi connectivity index (χ2n) is 5.61. The van der Waals surface area contributed by atoms with E-state index in [-0.39, 0.29) is 5.91 Å². The van der Waals surface area contributed by atoms with Crippen molar-refractivity contribution in [2.24, 2.45) is 5.92 Å². The number of nitrogens with zero attached hydrogens (tertiary/aromatic N) is 1. The number of nitrogens with one attached hydrogen (secondary N) is 1. The van der Waals surface area contributed by atoms with Crippen LogP contribution in [0, 0.1) is 12.8 Å². The van der Waals surface area contributed by atoms with Crippen LogP contribution in [0.3, 0.4) is 0 Å². The normalized spacial score (nSPS) is 18.5. The van der Waals surface area contributed by atoms with Gasteiger partial charge in [0.25, 0.3) is 0 Å². The van der Waals surface area contributed by atoms with E-state index in [1.54, 1.807) is 0 Å². The van der Waals surface area contributed by atoms with Crippen LogP contribution >= 0.6 is 0 Å². The summed E-state index contributed by atoms with van der Waals surface area (Å²) in [6.07, 6.45) is 2.76. The Bertz CT molecular complexity index is 407. The third-order valence-electron chi connectivity index (χ3n) is 3.91. The molecule has 0 saturated carbocycles. The first-order chi connectivity index (χ1) is 9.15. The maximum absolute atomic E-state index is 12.1. The van der Waals surface area contributed by atoms with E-state index >= 15 is 0 Å². The number of hydrogen-bond donors (Lipinski definition) is 1. The zero-order valence-corrected chi connectivity index (χ0v) is 12.0. The van der Waals surface area contributed by atoms with Gasteiger partial charge in [-0.25, -0.2) is 0 Å². The Balaban J connectivity index is 1.75. The van der Waals surface area contributed by atoms with Crippen LogP contribution in [0.5, 0.6) is 0 Å². The van der Waals surface area contributed by atoms with Crippen molar-refractivity contribution in [2.45, 2.75) is 26.2 Å². The van der Waals surface area contributed by atoms with E-state index in [1.165, 1.54) is 11.1 Å². The van der Waals surface area contributed by atoms with Crippen LogP contribution in [-0.2, 0) is 11.2 Å². The van der Waals surface area contributed by atoms with E-state index in [0.29, 0.717) is 12.3 Å². The first-order valence-electron chi connectivity index (χ1n) is 7.15. The van der Waals surface area contributed by atoms with E-state index in [0.717, 1.165) is 32.5 Å². The number of carbonyl (C=O) groups excluding carboxylic acids is 1. The Labute approximate surface area is 116 Å². The van der Waals surface area contributed by atoms with Crippen LogP contribution in [0.1, 0.15) is 24.0 Å². The number of rotatable bonds is 5. The molecule has 19 heavy (non-hydrogen) atoms. The van der Waals surface area contributed by atoms with Crippen molar-refractivity contribution in [2.75, 3.05) is 26.7 Å². The average molecular weight is 260 g/mol. The number of hydrogen-bond acceptors (Lipinski definition) is 2. The summed E-state index contributed by atoms with van der Waals surface area (Å²) in [5.41, 5.74) is 2.58. The Morgan fingerprint density at radius 1 is 1.37 bits per heavy atom. The predicted octanol–water partition coefficient (Wildman–Crippen LogP) is 2.00. The SMILES string of the molecule is Cc1ccc(CCN(C)C(=O)CC2CCNC2)cc1. The lowest BCUT2D eigenvalue weighted by Crippen LogP contribution is -2.30. The van der Waals surface area contributed by atoms with E-state index in [1.807, 2.05) is 11.9 Å². The molecule has 0 aromatic heterocycles. The van der Waals surface area contributed by atoms with Crippen LogP contribution in [-0.4, -0.2) is 37.5 Å². The summed E-state index contributed by atoms with van der Waals surface area (Å²) in [6, 6.07) is 8.55. The third-order valence-corrected chi connectivity index (χ3v) is 3.91. The molecular formula is C16H24N2O. The molecule has 3 heteroatoms.